The zero-order chi connectivity index (χ0) is 12.3. The van der Waals surface area contributed by atoms with Crippen molar-refractivity contribution < 1.29 is 8.91 Å². The maximum atomic E-state index is 12.7. The van der Waals surface area contributed by atoms with Gasteiger partial charge in [0.15, 0.2) is 5.82 Å². The molecule has 0 radical (unpaired) electrons. The van der Waals surface area contributed by atoms with Gasteiger partial charge in [0.1, 0.15) is 5.82 Å². The van der Waals surface area contributed by atoms with E-state index in [1.165, 1.54) is 12.1 Å². The topological polar surface area (TPSA) is 51.0 Å². The summed E-state index contributed by atoms with van der Waals surface area (Å²) in [5, 5.41) is 6.90. The standard InChI is InChI=1S/C12H14FN3O/c1-8(14-2)12-15-11(16-17-12)7-9-3-5-10(13)6-4-9/h3-6,8,14H,7H2,1-2H3. The molecule has 1 aromatic heterocycles. The van der Waals surface area contributed by atoms with Gasteiger partial charge in [0.25, 0.3) is 0 Å². The van der Waals surface area contributed by atoms with Gasteiger partial charge in [-0.1, -0.05) is 17.3 Å². The minimum absolute atomic E-state index is 0.0319. The molecule has 1 N–H and O–H groups in total. The molecule has 0 amide bonds. The molecule has 2 rings (SSSR count). The molecule has 0 aliphatic carbocycles. The minimum Gasteiger partial charge on any atom is -0.338 e. The van der Waals surface area contributed by atoms with Crippen molar-refractivity contribution in [3.63, 3.8) is 0 Å². The van der Waals surface area contributed by atoms with Crippen LogP contribution in [0.15, 0.2) is 28.8 Å². The average Bonchev–Trinajstić information content (AvgIpc) is 2.80. The van der Waals surface area contributed by atoms with Gasteiger partial charge >= 0.3 is 0 Å². The first-order valence-electron chi connectivity index (χ1n) is 5.43. The van der Waals surface area contributed by atoms with Crippen LogP contribution in [-0.4, -0.2) is 17.2 Å². The molecule has 1 heterocycles. The smallest absolute Gasteiger partial charge is 0.243 e. The zero-order valence-electron chi connectivity index (χ0n) is 9.77. The third-order valence-corrected chi connectivity index (χ3v) is 2.56. The van der Waals surface area contributed by atoms with Gasteiger partial charge in [-0.05, 0) is 31.7 Å². The number of hydrogen-bond donors (Lipinski definition) is 1. The Morgan fingerprint density at radius 1 is 1.35 bits per heavy atom. The van der Waals surface area contributed by atoms with Crippen molar-refractivity contribution in [2.24, 2.45) is 0 Å². The van der Waals surface area contributed by atoms with Crippen LogP contribution in [0, 0.1) is 5.82 Å². The number of rotatable bonds is 4. The maximum Gasteiger partial charge on any atom is 0.243 e. The van der Waals surface area contributed by atoms with Gasteiger partial charge in [-0.3, -0.25) is 0 Å². The first-order chi connectivity index (χ1) is 8.19. The molecule has 1 atom stereocenters. The predicted molar refractivity (Wildman–Crippen MR) is 61.0 cm³/mol. The molecule has 0 saturated heterocycles. The van der Waals surface area contributed by atoms with E-state index >= 15 is 0 Å². The molecule has 0 fully saturated rings. The van der Waals surface area contributed by atoms with Crippen LogP contribution in [0.25, 0.3) is 0 Å². The van der Waals surface area contributed by atoms with Crippen LogP contribution in [0.2, 0.25) is 0 Å². The van der Waals surface area contributed by atoms with Crippen molar-refractivity contribution in [1.82, 2.24) is 15.5 Å². The van der Waals surface area contributed by atoms with Gasteiger partial charge in [0.2, 0.25) is 5.89 Å². The average molecular weight is 235 g/mol. The lowest BCUT2D eigenvalue weighted by molar-refractivity contribution is 0.344. The summed E-state index contributed by atoms with van der Waals surface area (Å²) in [5.74, 6) is 0.921. The molecular formula is C12H14FN3O. The Balaban J connectivity index is 2.08. The summed E-state index contributed by atoms with van der Waals surface area (Å²) < 4.78 is 17.8. The van der Waals surface area contributed by atoms with Gasteiger partial charge in [-0.15, -0.1) is 0 Å². The van der Waals surface area contributed by atoms with Crippen molar-refractivity contribution in [2.75, 3.05) is 7.05 Å². The number of aromatic nitrogens is 2. The van der Waals surface area contributed by atoms with Crippen LogP contribution in [0.4, 0.5) is 4.39 Å². The van der Waals surface area contributed by atoms with E-state index in [1.54, 1.807) is 12.1 Å². The third kappa shape index (κ3) is 2.88. The lowest BCUT2D eigenvalue weighted by Crippen LogP contribution is -2.12. The third-order valence-electron chi connectivity index (χ3n) is 2.56. The molecule has 0 saturated carbocycles. The van der Waals surface area contributed by atoms with E-state index in [2.05, 4.69) is 15.5 Å². The van der Waals surface area contributed by atoms with Gasteiger partial charge in [-0.25, -0.2) is 4.39 Å². The number of nitrogens with zero attached hydrogens (tertiary/aromatic N) is 2. The summed E-state index contributed by atoms with van der Waals surface area (Å²) in [4.78, 5) is 4.26. The van der Waals surface area contributed by atoms with Crippen LogP contribution < -0.4 is 5.32 Å². The summed E-state index contributed by atoms with van der Waals surface area (Å²) >= 11 is 0. The van der Waals surface area contributed by atoms with Crippen molar-refractivity contribution >= 4 is 0 Å². The van der Waals surface area contributed by atoms with Crippen molar-refractivity contribution in [2.45, 2.75) is 19.4 Å². The normalized spacial score (nSPS) is 12.6. The van der Waals surface area contributed by atoms with E-state index in [-0.39, 0.29) is 11.9 Å². The second-order valence-corrected chi connectivity index (χ2v) is 3.86. The Kier molecular flexibility index (Phi) is 3.49. The SMILES string of the molecule is CNC(C)c1nc(Cc2ccc(F)cc2)no1. The minimum atomic E-state index is -0.244. The van der Waals surface area contributed by atoms with Gasteiger partial charge in [-0.2, -0.15) is 4.98 Å². The van der Waals surface area contributed by atoms with Crippen molar-refractivity contribution in [3.8, 4) is 0 Å². The largest absolute Gasteiger partial charge is 0.338 e. The molecule has 0 aliphatic rings. The van der Waals surface area contributed by atoms with Crippen LogP contribution in [0.5, 0.6) is 0 Å². The number of benzene rings is 1. The molecule has 1 unspecified atom stereocenters. The molecule has 5 heteroatoms. The van der Waals surface area contributed by atoms with Gasteiger partial charge in [0.05, 0.1) is 6.04 Å². The van der Waals surface area contributed by atoms with Gasteiger partial charge in [0, 0.05) is 6.42 Å². The van der Waals surface area contributed by atoms with E-state index in [0.717, 1.165) is 5.56 Å². The lowest BCUT2D eigenvalue weighted by atomic mass is 10.1. The lowest BCUT2D eigenvalue weighted by Gasteiger charge is -2.01. The van der Waals surface area contributed by atoms with E-state index in [9.17, 15) is 4.39 Å². The quantitative estimate of drug-likeness (QED) is 0.881. The first kappa shape index (κ1) is 11.7. The monoisotopic (exact) mass is 235 g/mol. The molecule has 1 aromatic carbocycles. The Morgan fingerprint density at radius 3 is 2.71 bits per heavy atom. The maximum absolute atomic E-state index is 12.7. The molecule has 90 valence electrons. The number of halogens is 1. The Hall–Kier alpha value is -1.75. The van der Waals surface area contributed by atoms with Crippen molar-refractivity contribution in [3.05, 3.63) is 47.4 Å². The van der Waals surface area contributed by atoms with Crippen LogP contribution in [0.1, 0.15) is 30.2 Å². The number of nitrogens with one attached hydrogen (secondary N) is 1. The van der Waals surface area contributed by atoms with E-state index in [4.69, 9.17) is 4.52 Å². The zero-order valence-corrected chi connectivity index (χ0v) is 9.77. The summed E-state index contributed by atoms with van der Waals surface area (Å²) in [7, 11) is 1.83. The van der Waals surface area contributed by atoms with Crippen LogP contribution in [0.3, 0.4) is 0 Å². The highest BCUT2D eigenvalue weighted by Gasteiger charge is 2.12. The van der Waals surface area contributed by atoms with E-state index in [0.29, 0.717) is 18.1 Å². The van der Waals surface area contributed by atoms with E-state index < -0.39 is 0 Å². The molecule has 0 spiro atoms. The summed E-state index contributed by atoms with van der Waals surface area (Å²) in [6.45, 7) is 1.94. The second kappa shape index (κ2) is 5.05. The predicted octanol–water partition coefficient (Wildman–Crippen LogP) is 2.08. The summed E-state index contributed by atoms with van der Waals surface area (Å²) in [5.41, 5.74) is 0.955. The number of hydrogen-bond acceptors (Lipinski definition) is 4. The highest BCUT2D eigenvalue weighted by atomic mass is 19.1. The first-order valence-corrected chi connectivity index (χ1v) is 5.43. The molecule has 4 nitrogen and oxygen atoms in total. The fourth-order valence-corrected chi connectivity index (χ4v) is 1.42. The second-order valence-electron chi connectivity index (χ2n) is 3.86. The summed E-state index contributed by atoms with van der Waals surface area (Å²) in [6.07, 6.45) is 0.542. The fraction of sp³-hybridized carbons (Fsp3) is 0.333. The molecule has 0 bridgehead atoms. The molecular weight excluding hydrogens is 221 g/mol. The highest BCUT2D eigenvalue weighted by molar-refractivity contribution is 5.19. The van der Waals surface area contributed by atoms with Crippen molar-refractivity contribution in [1.29, 1.82) is 0 Å². The van der Waals surface area contributed by atoms with Gasteiger partial charge < -0.3 is 9.84 Å². The Labute approximate surface area is 98.8 Å². The van der Waals surface area contributed by atoms with E-state index in [1.807, 2.05) is 14.0 Å². The van der Waals surface area contributed by atoms with Crippen LogP contribution in [-0.2, 0) is 6.42 Å². The summed E-state index contributed by atoms with van der Waals surface area (Å²) in [6, 6.07) is 6.31. The Morgan fingerprint density at radius 2 is 2.06 bits per heavy atom. The Bertz CT molecular complexity index is 481. The molecule has 17 heavy (non-hydrogen) atoms. The van der Waals surface area contributed by atoms with Crippen LogP contribution >= 0.6 is 0 Å². The highest BCUT2D eigenvalue weighted by Crippen LogP contribution is 2.12. The molecule has 0 aliphatic heterocycles. The fourth-order valence-electron chi connectivity index (χ4n) is 1.42. The molecule has 2 aromatic rings.